The minimum absolute atomic E-state index is 0.0160. The number of guanidine groups is 1. The number of benzene rings is 1. The maximum Gasteiger partial charge on any atom is 0.196 e. The largest absolute Gasteiger partial charge is 0.369 e. The number of anilines is 1. The molecule has 0 radical (unpaired) electrons. The molecule has 0 amide bonds. The highest BCUT2D eigenvalue weighted by atomic mass is 35.5. The van der Waals surface area contributed by atoms with Crippen molar-refractivity contribution in [2.75, 3.05) is 11.4 Å². The van der Waals surface area contributed by atoms with Crippen LogP contribution in [0.5, 0.6) is 0 Å². The van der Waals surface area contributed by atoms with Crippen LogP contribution in [0.15, 0.2) is 29.3 Å². The van der Waals surface area contributed by atoms with E-state index in [0.29, 0.717) is 5.96 Å². The highest BCUT2D eigenvalue weighted by Gasteiger charge is 2.37. The Morgan fingerprint density at radius 3 is 2.62 bits per heavy atom. The van der Waals surface area contributed by atoms with E-state index in [1.807, 2.05) is 24.3 Å². The molecule has 1 atom stereocenters. The maximum atomic E-state index is 5.94. The van der Waals surface area contributed by atoms with Crippen molar-refractivity contribution in [2.45, 2.75) is 25.8 Å². The summed E-state index contributed by atoms with van der Waals surface area (Å²) in [5, 5.41) is 0.733. The minimum atomic E-state index is -0.0160. The van der Waals surface area contributed by atoms with Crippen LogP contribution >= 0.6 is 11.6 Å². The van der Waals surface area contributed by atoms with E-state index in [1.165, 1.54) is 0 Å². The SMILES string of the molecule is CCC1(C)CN=C(N)N1c1ccc(Cl)cc1. The number of halogens is 1. The van der Waals surface area contributed by atoms with Crippen LogP contribution in [-0.2, 0) is 0 Å². The molecule has 1 aliphatic heterocycles. The van der Waals surface area contributed by atoms with Crippen molar-refractivity contribution in [2.24, 2.45) is 10.7 Å². The van der Waals surface area contributed by atoms with Crippen LogP contribution in [0.2, 0.25) is 5.02 Å². The summed E-state index contributed by atoms with van der Waals surface area (Å²) < 4.78 is 0. The van der Waals surface area contributed by atoms with Gasteiger partial charge in [0.2, 0.25) is 0 Å². The fourth-order valence-corrected chi connectivity index (χ4v) is 2.10. The van der Waals surface area contributed by atoms with Crippen molar-refractivity contribution in [3.63, 3.8) is 0 Å². The first kappa shape index (κ1) is 11.3. The van der Waals surface area contributed by atoms with Gasteiger partial charge in [-0.15, -0.1) is 0 Å². The molecule has 1 aliphatic rings. The van der Waals surface area contributed by atoms with E-state index in [4.69, 9.17) is 17.3 Å². The zero-order valence-electron chi connectivity index (χ0n) is 9.57. The van der Waals surface area contributed by atoms with Crippen molar-refractivity contribution in [3.05, 3.63) is 29.3 Å². The van der Waals surface area contributed by atoms with Gasteiger partial charge in [0.1, 0.15) is 0 Å². The van der Waals surface area contributed by atoms with Crippen molar-refractivity contribution in [3.8, 4) is 0 Å². The summed E-state index contributed by atoms with van der Waals surface area (Å²) in [6.07, 6.45) is 1.000. The molecule has 0 fully saturated rings. The molecule has 1 unspecified atom stereocenters. The molecule has 1 aromatic carbocycles. The van der Waals surface area contributed by atoms with Gasteiger partial charge < -0.3 is 10.6 Å². The molecular weight excluding hydrogens is 222 g/mol. The number of nitrogens with two attached hydrogens (primary N) is 1. The molecule has 4 heteroatoms. The molecule has 0 bridgehead atoms. The van der Waals surface area contributed by atoms with Crippen LogP contribution in [0, 0.1) is 0 Å². The van der Waals surface area contributed by atoms with Crippen molar-refractivity contribution in [1.29, 1.82) is 0 Å². The predicted molar refractivity (Wildman–Crippen MR) is 69.1 cm³/mol. The van der Waals surface area contributed by atoms with E-state index in [1.54, 1.807) is 0 Å². The smallest absolute Gasteiger partial charge is 0.196 e. The monoisotopic (exact) mass is 237 g/mol. The van der Waals surface area contributed by atoms with Crippen LogP contribution in [-0.4, -0.2) is 18.0 Å². The Bertz CT molecular complexity index is 413. The first-order valence-corrected chi connectivity index (χ1v) is 5.80. The second-order valence-electron chi connectivity index (χ2n) is 4.34. The quantitative estimate of drug-likeness (QED) is 0.859. The predicted octanol–water partition coefficient (Wildman–Crippen LogP) is 2.64. The third-order valence-electron chi connectivity index (χ3n) is 3.20. The highest BCUT2D eigenvalue weighted by Crippen LogP contribution is 2.31. The average molecular weight is 238 g/mol. The van der Waals surface area contributed by atoms with Gasteiger partial charge in [-0.3, -0.25) is 4.99 Å². The van der Waals surface area contributed by atoms with Gasteiger partial charge in [0.15, 0.2) is 5.96 Å². The van der Waals surface area contributed by atoms with Gasteiger partial charge in [0.25, 0.3) is 0 Å². The zero-order valence-corrected chi connectivity index (χ0v) is 10.3. The molecule has 86 valence electrons. The summed E-state index contributed by atoms with van der Waals surface area (Å²) in [5.74, 6) is 0.590. The van der Waals surface area contributed by atoms with Crippen molar-refractivity contribution in [1.82, 2.24) is 0 Å². The van der Waals surface area contributed by atoms with Gasteiger partial charge in [-0.05, 0) is 37.6 Å². The van der Waals surface area contributed by atoms with E-state index in [-0.39, 0.29) is 5.54 Å². The molecule has 1 aromatic rings. The molecule has 0 spiro atoms. The summed E-state index contributed by atoms with van der Waals surface area (Å²) in [6, 6.07) is 7.70. The van der Waals surface area contributed by atoms with Crippen LogP contribution < -0.4 is 10.6 Å². The number of rotatable bonds is 2. The lowest BCUT2D eigenvalue weighted by atomic mass is 9.97. The Kier molecular flexibility index (Phi) is 2.80. The van der Waals surface area contributed by atoms with Gasteiger partial charge in [0, 0.05) is 10.7 Å². The number of nitrogens with zero attached hydrogens (tertiary/aromatic N) is 2. The topological polar surface area (TPSA) is 41.6 Å². The highest BCUT2D eigenvalue weighted by molar-refractivity contribution is 6.30. The third-order valence-corrected chi connectivity index (χ3v) is 3.45. The fourth-order valence-electron chi connectivity index (χ4n) is 1.97. The number of aliphatic imine (C=N–C) groups is 1. The van der Waals surface area contributed by atoms with Crippen molar-refractivity contribution < 1.29 is 0 Å². The first-order chi connectivity index (χ1) is 7.57. The van der Waals surface area contributed by atoms with E-state index in [9.17, 15) is 0 Å². The molecule has 3 nitrogen and oxygen atoms in total. The van der Waals surface area contributed by atoms with Gasteiger partial charge >= 0.3 is 0 Å². The second kappa shape index (κ2) is 3.98. The van der Waals surface area contributed by atoms with Gasteiger partial charge in [-0.2, -0.15) is 0 Å². The lowest BCUT2D eigenvalue weighted by Crippen LogP contribution is -2.49. The lowest BCUT2D eigenvalue weighted by Gasteiger charge is -2.35. The molecule has 1 heterocycles. The third kappa shape index (κ3) is 1.76. The Balaban J connectivity index is 2.38. The summed E-state index contributed by atoms with van der Waals surface area (Å²) in [4.78, 5) is 6.41. The summed E-state index contributed by atoms with van der Waals surface area (Å²) in [6.45, 7) is 5.07. The van der Waals surface area contributed by atoms with Crippen molar-refractivity contribution >= 4 is 23.2 Å². The number of hydrogen-bond donors (Lipinski definition) is 1. The lowest BCUT2D eigenvalue weighted by molar-refractivity contribution is 0.486. The van der Waals surface area contributed by atoms with Gasteiger partial charge in [-0.25, -0.2) is 0 Å². The van der Waals surface area contributed by atoms with E-state index in [0.717, 1.165) is 23.7 Å². The summed E-state index contributed by atoms with van der Waals surface area (Å²) in [5.41, 5.74) is 6.98. The summed E-state index contributed by atoms with van der Waals surface area (Å²) in [7, 11) is 0. The number of hydrogen-bond acceptors (Lipinski definition) is 3. The Labute approximate surface area is 101 Å². The standard InChI is InChI=1S/C12H16ClN3/c1-3-12(2)8-15-11(14)16(12)10-6-4-9(13)5-7-10/h4-7H,3,8H2,1-2H3,(H2,14,15). The Morgan fingerprint density at radius 1 is 1.44 bits per heavy atom. The average Bonchev–Trinajstić information content (AvgIpc) is 2.58. The van der Waals surface area contributed by atoms with Gasteiger partial charge in [0.05, 0.1) is 12.1 Å². The van der Waals surface area contributed by atoms with E-state index in [2.05, 4.69) is 23.7 Å². The second-order valence-corrected chi connectivity index (χ2v) is 4.77. The van der Waals surface area contributed by atoms with Gasteiger partial charge in [-0.1, -0.05) is 18.5 Å². The Morgan fingerprint density at radius 2 is 2.06 bits per heavy atom. The molecule has 0 aliphatic carbocycles. The normalized spacial score (nSPS) is 24.7. The minimum Gasteiger partial charge on any atom is -0.369 e. The molecule has 0 saturated heterocycles. The molecule has 2 rings (SSSR count). The Hall–Kier alpha value is -1.22. The molecule has 0 saturated carbocycles. The maximum absolute atomic E-state index is 5.94. The van der Waals surface area contributed by atoms with Crippen LogP contribution in [0.1, 0.15) is 20.3 Å². The molecule has 2 N–H and O–H groups in total. The zero-order chi connectivity index (χ0) is 11.8. The van der Waals surface area contributed by atoms with E-state index < -0.39 is 0 Å². The molecule has 16 heavy (non-hydrogen) atoms. The van der Waals surface area contributed by atoms with E-state index >= 15 is 0 Å². The molecule has 0 aromatic heterocycles. The van der Waals surface area contributed by atoms with Crippen LogP contribution in [0.4, 0.5) is 5.69 Å². The fraction of sp³-hybridized carbons (Fsp3) is 0.417. The van der Waals surface area contributed by atoms with Crippen LogP contribution in [0.3, 0.4) is 0 Å². The molecular formula is C12H16ClN3. The first-order valence-electron chi connectivity index (χ1n) is 5.42. The van der Waals surface area contributed by atoms with Crippen LogP contribution in [0.25, 0.3) is 0 Å². The summed E-state index contributed by atoms with van der Waals surface area (Å²) >= 11 is 5.88.